The number of likely N-dealkylation sites (tertiary alicyclic amines) is 2. The van der Waals surface area contributed by atoms with Gasteiger partial charge in [-0.05, 0) is 49.4 Å². The van der Waals surface area contributed by atoms with Crippen molar-refractivity contribution in [2.45, 2.75) is 36.3 Å². The van der Waals surface area contributed by atoms with Crippen LogP contribution in [-0.4, -0.2) is 47.3 Å². The maximum atomic E-state index is 12.9. The first-order valence-electron chi connectivity index (χ1n) is 8.08. The molecule has 0 aromatic heterocycles. The maximum absolute atomic E-state index is 12.9. The highest BCUT2D eigenvalue weighted by molar-refractivity contribution is 8.00. The Labute approximate surface area is 135 Å². The van der Waals surface area contributed by atoms with Crippen molar-refractivity contribution < 1.29 is 9.18 Å². The summed E-state index contributed by atoms with van der Waals surface area (Å²) in [6.45, 7) is 5.68. The molecule has 1 atom stereocenters. The van der Waals surface area contributed by atoms with Crippen LogP contribution in [0.15, 0.2) is 29.2 Å². The van der Waals surface area contributed by atoms with Gasteiger partial charge in [-0.2, -0.15) is 0 Å². The lowest BCUT2D eigenvalue weighted by molar-refractivity contribution is 0.143. The Morgan fingerprint density at radius 3 is 2.41 bits per heavy atom. The normalized spacial score (nSPS) is 23.1. The Kier molecular flexibility index (Phi) is 4.91. The number of piperidine rings is 1. The quantitative estimate of drug-likeness (QED) is 0.826. The summed E-state index contributed by atoms with van der Waals surface area (Å²) in [4.78, 5) is 17.6. The van der Waals surface area contributed by atoms with Gasteiger partial charge in [-0.3, -0.25) is 0 Å². The van der Waals surface area contributed by atoms with Crippen LogP contribution in [0.5, 0.6) is 0 Å². The van der Waals surface area contributed by atoms with Crippen LogP contribution in [0, 0.1) is 11.7 Å². The van der Waals surface area contributed by atoms with E-state index in [-0.39, 0.29) is 11.8 Å². The van der Waals surface area contributed by atoms with Gasteiger partial charge in [0, 0.05) is 36.3 Å². The average Bonchev–Trinajstić information content (AvgIpc) is 2.98. The molecule has 22 heavy (non-hydrogen) atoms. The van der Waals surface area contributed by atoms with Crippen molar-refractivity contribution in [3.63, 3.8) is 0 Å². The van der Waals surface area contributed by atoms with E-state index < -0.39 is 0 Å². The Balaban J connectivity index is 1.51. The summed E-state index contributed by atoms with van der Waals surface area (Å²) in [7, 11) is 0. The molecule has 2 aliphatic rings. The van der Waals surface area contributed by atoms with E-state index in [4.69, 9.17) is 0 Å². The van der Waals surface area contributed by atoms with Gasteiger partial charge in [-0.1, -0.05) is 6.92 Å². The standard InChI is InChI=1S/C17H23FN2OS/c1-13-6-9-19(10-7-13)17(21)20-11-8-16(12-20)22-15-4-2-14(18)3-5-15/h2-5,13,16H,6-12H2,1H3. The molecule has 1 unspecified atom stereocenters. The van der Waals surface area contributed by atoms with Gasteiger partial charge >= 0.3 is 6.03 Å². The molecular weight excluding hydrogens is 299 g/mol. The van der Waals surface area contributed by atoms with Crippen molar-refractivity contribution in [2.75, 3.05) is 26.2 Å². The number of nitrogens with zero attached hydrogens (tertiary/aromatic N) is 2. The molecule has 0 N–H and O–H groups in total. The van der Waals surface area contributed by atoms with E-state index in [1.807, 2.05) is 21.9 Å². The highest BCUT2D eigenvalue weighted by Crippen LogP contribution is 2.30. The van der Waals surface area contributed by atoms with E-state index in [0.29, 0.717) is 5.25 Å². The molecule has 120 valence electrons. The van der Waals surface area contributed by atoms with E-state index >= 15 is 0 Å². The minimum absolute atomic E-state index is 0.202. The van der Waals surface area contributed by atoms with Gasteiger partial charge in [-0.15, -0.1) is 11.8 Å². The molecule has 3 rings (SSSR count). The van der Waals surface area contributed by atoms with Gasteiger partial charge in [0.1, 0.15) is 5.82 Å². The molecular formula is C17H23FN2OS. The lowest BCUT2D eigenvalue weighted by Gasteiger charge is -2.33. The summed E-state index contributed by atoms with van der Waals surface area (Å²) >= 11 is 1.75. The molecule has 0 bridgehead atoms. The number of amides is 2. The third-order valence-corrected chi connectivity index (χ3v) is 5.85. The van der Waals surface area contributed by atoms with Crippen LogP contribution in [0.1, 0.15) is 26.2 Å². The highest BCUT2D eigenvalue weighted by atomic mass is 32.2. The van der Waals surface area contributed by atoms with Crippen molar-refractivity contribution in [2.24, 2.45) is 5.92 Å². The highest BCUT2D eigenvalue weighted by Gasteiger charge is 2.31. The molecule has 1 aromatic carbocycles. The second-order valence-electron chi connectivity index (χ2n) is 6.38. The number of halogens is 1. The van der Waals surface area contributed by atoms with Crippen LogP contribution < -0.4 is 0 Å². The van der Waals surface area contributed by atoms with Crippen molar-refractivity contribution in [1.29, 1.82) is 0 Å². The van der Waals surface area contributed by atoms with Gasteiger partial charge in [-0.25, -0.2) is 9.18 Å². The fraction of sp³-hybridized carbons (Fsp3) is 0.588. The van der Waals surface area contributed by atoms with Crippen LogP contribution in [0.4, 0.5) is 9.18 Å². The number of carbonyl (C=O) groups is 1. The van der Waals surface area contributed by atoms with Crippen LogP contribution in [0.2, 0.25) is 0 Å². The second kappa shape index (κ2) is 6.90. The maximum Gasteiger partial charge on any atom is 0.320 e. The smallest absolute Gasteiger partial charge is 0.320 e. The summed E-state index contributed by atoms with van der Waals surface area (Å²) in [6, 6.07) is 6.83. The average molecular weight is 322 g/mol. The van der Waals surface area contributed by atoms with Crippen LogP contribution in [0.3, 0.4) is 0 Å². The summed E-state index contributed by atoms with van der Waals surface area (Å²) in [5.74, 6) is 0.538. The molecule has 0 radical (unpaired) electrons. The van der Waals surface area contributed by atoms with E-state index in [0.717, 1.165) is 56.3 Å². The number of rotatable bonds is 2. The molecule has 0 aliphatic carbocycles. The fourth-order valence-electron chi connectivity index (χ4n) is 3.10. The molecule has 1 aromatic rings. The zero-order valence-electron chi connectivity index (χ0n) is 13.0. The Hall–Kier alpha value is -1.23. The lowest BCUT2D eigenvalue weighted by Crippen LogP contribution is -2.45. The summed E-state index contributed by atoms with van der Waals surface area (Å²) in [5.41, 5.74) is 0. The Bertz CT molecular complexity index is 514. The number of thioether (sulfide) groups is 1. The van der Waals surface area contributed by atoms with Crippen LogP contribution in [-0.2, 0) is 0 Å². The third kappa shape index (κ3) is 3.75. The van der Waals surface area contributed by atoms with Crippen LogP contribution >= 0.6 is 11.8 Å². The van der Waals surface area contributed by atoms with Crippen molar-refractivity contribution in [1.82, 2.24) is 9.80 Å². The Morgan fingerprint density at radius 2 is 1.73 bits per heavy atom. The first-order valence-corrected chi connectivity index (χ1v) is 8.96. The topological polar surface area (TPSA) is 23.6 Å². The van der Waals surface area contributed by atoms with Gasteiger partial charge < -0.3 is 9.80 Å². The zero-order chi connectivity index (χ0) is 15.5. The van der Waals surface area contributed by atoms with E-state index in [9.17, 15) is 9.18 Å². The molecule has 2 heterocycles. The fourth-order valence-corrected chi connectivity index (χ4v) is 4.26. The monoisotopic (exact) mass is 322 g/mol. The van der Waals surface area contributed by atoms with E-state index in [1.54, 1.807) is 11.8 Å². The van der Waals surface area contributed by atoms with Crippen molar-refractivity contribution in [3.8, 4) is 0 Å². The largest absolute Gasteiger partial charge is 0.325 e. The SMILES string of the molecule is CC1CCN(C(=O)N2CCC(Sc3ccc(F)cc3)C2)CC1. The second-order valence-corrected chi connectivity index (χ2v) is 7.75. The van der Waals surface area contributed by atoms with Crippen molar-refractivity contribution >= 4 is 17.8 Å². The summed E-state index contributed by atoms with van der Waals surface area (Å²) in [5, 5.41) is 0.415. The zero-order valence-corrected chi connectivity index (χ0v) is 13.8. The number of benzene rings is 1. The number of urea groups is 1. The van der Waals surface area contributed by atoms with Gasteiger partial charge in [0.25, 0.3) is 0 Å². The van der Waals surface area contributed by atoms with Gasteiger partial charge in [0.15, 0.2) is 0 Å². The predicted octanol–water partition coefficient (Wildman–Crippen LogP) is 3.84. The first-order chi connectivity index (χ1) is 10.6. The van der Waals surface area contributed by atoms with Crippen molar-refractivity contribution in [3.05, 3.63) is 30.1 Å². The molecule has 2 aliphatic heterocycles. The first kappa shape index (κ1) is 15.7. The molecule has 2 amide bonds. The minimum atomic E-state index is -0.202. The van der Waals surface area contributed by atoms with E-state index in [2.05, 4.69) is 6.92 Å². The summed E-state index contributed by atoms with van der Waals surface area (Å²) in [6.07, 6.45) is 3.25. The van der Waals surface area contributed by atoms with Gasteiger partial charge in [0.05, 0.1) is 0 Å². The van der Waals surface area contributed by atoms with E-state index in [1.165, 1.54) is 12.1 Å². The molecule has 0 saturated carbocycles. The number of carbonyl (C=O) groups excluding carboxylic acids is 1. The Morgan fingerprint density at radius 1 is 1.09 bits per heavy atom. The molecule has 2 saturated heterocycles. The lowest BCUT2D eigenvalue weighted by atomic mass is 10.00. The number of hydrogen-bond donors (Lipinski definition) is 0. The van der Waals surface area contributed by atoms with Crippen LogP contribution in [0.25, 0.3) is 0 Å². The third-order valence-electron chi connectivity index (χ3n) is 4.59. The molecule has 5 heteroatoms. The van der Waals surface area contributed by atoms with Gasteiger partial charge in [0.2, 0.25) is 0 Å². The number of hydrogen-bond acceptors (Lipinski definition) is 2. The predicted molar refractivity (Wildman–Crippen MR) is 87.6 cm³/mol. The molecule has 0 spiro atoms. The minimum Gasteiger partial charge on any atom is -0.325 e. The molecule has 2 fully saturated rings. The summed E-state index contributed by atoms with van der Waals surface area (Å²) < 4.78 is 12.9. The molecule has 3 nitrogen and oxygen atoms in total.